The lowest BCUT2D eigenvalue weighted by Gasteiger charge is -2.32. The van der Waals surface area contributed by atoms with E-state index in [-0.39, 0.29) is 5.91 Å². The van der Waals surface area contributed by atoms with E-state index in [1.807, 2.05) is 28.8 Å². The summed E-state index contributed by atoms with van der Waals surface area (Å²) in [6, 6.07) is 45.0. The van der Waals surface area contributed by atoms with Gasteiger partial charge in [0.15, 0.2) is 0 Å². The van der Waals surface area contributed by atoms with Crippen LogP contribution in [-0.2, 0) is 5.41 Å². The third-order valence-electron chi connectivity index (χ3n) is 10.0. The van der Waals surface area contributed by atoms with Crippen molar-refractivity contribution in [2.75, 3.05) is 0 Å². The molecule has 0 N–H and O–H groups in total. The molecule has 0 spiro atoms. The Morgan fingerprint density at radius 2 is 1.09 bits per heavy atom. The summed E-state index contributed by atoms with van der Waals surface area (Å²) in [4.78, 5) is 19.3. The molecule has 45 heavy (non-hydrogen) atoms. The second-order valence-corrected chi connectivity index (χ2v) is 12.8. The topological polar surface area (TPSA) is 39.8 Å². The fourth-order valence-electron chi connectivity index (χ4n) is 7.91. The lowest BCUT2D eigenvalue weighted by molar-refractivity contribution is 0.0948. The van der Waals surface area contributed by atoms with E-state index in [2.05, 4.69) is 122 Å². The Kier molecular flexibility index (Phi) is 4.64. The number of carbonyl (C=O) groups excluding carboxylic acids is 1. The molecule has 0 saturated carbocycles. The summed E-state index contributed by atoms with van der Waals surface area (Å²) in [5, 5.41) is 9.78. The maximum absolute atomic E-state index is 14.3. The first-order valence-corrected chi connectivity index (χ1v) is 15.4. The molecule has 1 aliphatic rings. The van der Waals surface area contributed by atoms with Crippen molar-refractivity contribution in [3.8, 4) is 5.69 Å². The molecule has 0 bridgehead atoms. The molecule has 4 heteroatoms. The Labute approximate surface area is 258 Å². The largest absolute Gasteiger partial charge is 0.309 e. The predicted molar refractivity (Wildman–Crippen MR) is 185 cm³/mol. The quantitative estimate of drug-likeness (QED) is 0.182. The van der Waals surface area contributed by atoms with Gasteiger partial charge in [-0.2, -0.15) is 0 Å². The first-order valence-electron chi connectivity index (χ1n) is 15.4. The number of para-hydroxylation sites is 3. The molecule has 10 rings (SSSR count). The summed E-state index contributed by atoms with van der Waals surface area (Å²) in [5.74, 6) is 0.764. The molecule has 0 fully saturated rings. The number of nitrogens with zero attached hydrogens (tertiary/aromatic N) is 3. The number of hydrogen-bond acceptors (Lipinski definition) is 2. The van der Waals surface area contributed by atoms with Crippen molar-refractivity contribution in [1.82, 2.24) is 14.1 Å². The van der Waals surface area contributed by atoms with E-state index in [9.17, 15) is 4.79 Å². The number of benzene rings is 7. The van der Waals surface area contributed by atoms with Crippen molar-refractivity contribution in [3.63, 3.8) is 0 Å². The predicted octanol–water partition coefficient (Wildman–Crippen LogP) is 9.92. The summed E-state index contributed by atoms with van der Waals surface area (Å²) >= 11 is 0. The molecule has 0 amide bonds. The van der Waals surface area contributed by atoms with Gasteiger partial charge in [0, 0.05) is 27.4 Å². The summed E-state index contributed by atoms with van der Waals surface area (Å²) in [5.41, 5.74) is 6.20. The molecule has 7 aromatic carbocycles. The van der Waals surface area contributed by atoms with Crippen molar-refractivity contribution in [1.29, 1.82) is 0 Å². The van der Waals surface area contributed by atoms with Crippen LogP contribution < -0.4 is 0 Å². The molecule has 4 nitrogen and oxygen atoms in total. The van der Waals surface area contributed by atoms with Crippen LogP contribution in [0.15, 0.2) is 127 Å². The minimum Gasteiger partial charge on any atom is -0.309 e. The van der Waals surface area contributed by atoms with E-state index in [1.165, 1.54) is 37.7 Å². The second kappa shape index (κ2) is 8.46. The Balaban J connectivity index is 1.30. The number of hydrogen-bond donors (Lipinski definition) is 0. The molecule has 0 unspecified atom stereocenters. The van der Waals surface area contributed by atoms with E-state index in [0.29, 0.717) is 0 Å². The zero-order chi connectivity index (χ0) is 30.0. The number of carbonyl (C=O) groups is 1. The Hall–Kier alpha value is -5.74. The van der Waals surface area contributed by atoms with Gasteiger partial charge >= 0.3 is 0 Å². The van der Waals surface area contributed by atoms with E-state index in [0.717, 1.165) is 50.1 Å². The lowest BCUT2D eigenvalue weighted by Crippen LogP contribution is -2.35. The van der Waals surface area contributed by atoms with Gasteiger partial charge in [0.25, 0.3) is 5.91 Å². The van der Waals surface area contributed by atoms with Crippen LogP contribution in [0.3, 0.4) is 0 Å². The maximum Gasteiger partial charge on any atom is 0.264 e. The maximum atomic E-state index is 14.3. The first-order chi connectivity index (χ1) is 22.0. The van der Waals surface area contributed by atoms with Gasteiger partial charge in [0.1, 0.15) is 5.82 Å². The zero-order valence-electron chi connectivity index (χ0n) is 24.9. The molecule has 9 aromatic rings. The molecule has 0 saturated heterocycles. The molecule has 2 aromatic heterocycles. The van der Waals surface area contributed by atoms with Gasteiger partial charge in [-0.1, -0.05) is 84.9 Å². The second-order valence-electron chi connectivity index (χ2n) is 12.8. The van der Waals surface area contributed by atoms with Crippen molar-refractivity contribution in [2.45, 2.75) is 19.3 Å². The van der Waals surface area contributed by atoms with Gasteiger partial charge in [0.05, 0.1) is 22.1 Å². The molecular weight excluding hydrogens is 550 g/mol. The molecule has 212 valence electrons. The summed E-state index contributed by atoms with van der Waals surface area (Å²) in [6.45, 7) is 4.36. The van der Waals surface area contributed by atoms with E-state index < -0.39 is 5.41 Å². The fourth-order valence-corrected chi connectivity index (χ4v) is 7.91. The van der Waals surface area contributed by atoms with Gasteiger partial charge in [-0.05, 0) is 94.2 Å². The van der Waals surface area contributed by atoms with Crippen LogP contribution in [0.1, 0.15) is 35.6 Å². The van der Waals surface area contributed by atoms with E-state index in [4.69, 9.17) is 4.98 Å². The summed E-state index contributed by atoms with van der Waals surface area (Å²) < 4.78 is 4.15. The number of rotatable bonds is 1. The van der Waals surface area contributed by atoms with Crippen LogP contribution in [0.2, 0.25) is 0 Å². The molecule has 0 radical (unpaired) electrons. The number of imidazole rings is 1. The molecular formula is C41H27N3O. The van der Waals surface area contributed by atoms with Gasteiger partial charge in [-0.3, -0.25) is 9.36 Å². The third-order valence-corrected chi connectivity index (χ3v) is 10.0. The average molecular weight is 578 g/mol. The van der Waals surface area contributed by atoms with Gasteiger partial charge in [0.2, 0.25) is 0 Å². The van der Waals surface area contributed by atoms with Crippen LogP contribution in [0.25, 0.3) is 70.8 Å². The monoisotopic (exact) mass is 577 g/mol. The minimum atomic E-state index is -0.456. The van der Waals surface area contributed by atoms with Crippen molar-refractivity contribution < 1.29 is 4.79 Å². The lowest BCUT2D eigenvalue weighted by atomic mass is 9.77. The van der Waals surface area contributed by atoms with Crippen molar-refractivity contribution in [3.05, 3.63) is 144 Å². The molecule has 0 atom stereocenters. The minimum absolute atomic E-state index is 0.0253. The highest BCUT2D eigenvalue weighted by Crippen LogP contribution is 2.44. The van der Waals surface area contributed by atoms with E-state index >= 15 is 0 Å². The van der Waals surface area contributed by atoms with Crippen LogP contribution in [0.5, 0.6) is 0 Å². The SMILES string of the molecule is CC1(C)c2cc3c4ccccc4n(-c4ccc5c6ccccc6c6ccccc6c5c4)c3cc2C(=O)n2c1nc1ccccc12. The van der Waals surface area contributed by atoms with Crippen LogP contribution in [0.4, 0.5) is 0 Å². The summed E-state index contributed by atoms with van der Waals surface area (Å²) in [6.07, 6.45) is 0. The highest BCUT2D eigenvalue weighted by Gasteiger charge is 2.40. The third kappa shape index (κ3) is 3.11. The van der Waals surface area contributed by atoms with Crippen LogP contribution >= 0.6 is 0 Å². The first kappa shape index (κ1) is 24.7. The number of aromatic nitrogens is 3. The van der Waals surface area contributed by atoms with E-state index in [1.54, 1.807) is 0 Å². The van der Waals surface area contributed by atoms with Crippen LogP contribution in [0, 0.1) is 0 Å². The highest BCUT2D eigenvalue weighted by atomic mass is 16.2. The normalized spacial score (nSPS) is 14.2. The zero-order valence-corrected chi connectivity index (χ0v) is 24.9. The standard InChI is InChI=1S/C41H27N3O/c1-41(2)34-22-32-30-15-7-9-17-36(30)43(38(32)23-33(34)39(45)44-37-18-10-8-16-35(37)42-40(41)44)24-19-20-29-27-13-4-3-11-25(27)26-12-5-6-14-28(26)31(29)21-24/h3-23H,1-2H3. The van der Waals surface area contributed by atoms with Gasteiger partial charge in [-0.15, -0.1) is 0 Å². The number of fused-ring (bicyclic) bond motifs is 13. The highest BCUT2D eigenvalue weighted by molar-refractivity contribution is 6.25. The van der Waals surface area contributed by atoms with Crippen molar-refractivity contribution >= 4 is 71.1 Å². The molecule has 3 heterocycles. The molecule has 0 aliphatic carbocycles. The van der Waals surface area contributed by atoms with Gasteiger partial charge < -0.3 is 4.57 Å². The smallest absolute Gasteiger partial charge is 0.264 e. The Morgan fingerprint density at radius 3 is 1.80 bits per heavy atom. The Morgan fingerprint density at radius 1 is 0.511 bits per heavy atom. The Bertz CT molecular complexity index is 2720. The van der Waals surface area contributed by atoms with Gasteiger partial charge in [-0.25, -0.2) is 4.98 Å². The average Bonchev–Trinajstić information content (AvgIpc) is 3.64. The van der Waals surface area contributed by atoms with Crippen molar-refractivity contribution in [2.24, 2.45) is 0 Å². The fraction of sp³-hybridized carbons (Fsp3) is 0.0732. The molecule has 1 aliphatic heterocycles. The van der Waals surface area contributed by atoms with Crippen LogP contribution in [-0.4, -0.2) is 20.0 Å². The summed E-state index contributed by atoms with van der Waals surface area (Å²) in [7, 11) is 0.